The van der Waals surface area contributed by atoms with Gasteiger partial charge in [-0.1, -0.05) is 54.6 Å². The van der Waals surface area contributed by atoms with E-state index in [9.17, 15) is 14.4 Å². The van der Waals surface area contributed by atoms with Crippen LogP contribution in [0.25, 0.3) is 0 Å². The molecule has 0 radical (unpaired) electrons. The van der Waals surface area contributed by atoms with E-state index in [0.717, 1.165) is 11.3 Å². The fourth-order valence-electron chi connectivity index (χ4n) is 3.89. The SMILES string of the molecule is O=C(NC(=S)NNC(=O)C1CC(=O)N(Cc2ccccc2)C1)c1cccc(OCCOc2ccccc2)c1. The number of carbonyl (C=O) groups is 3. The molecule has 0 spiro atoms. The summed E-state index contributed by atoms with van der Waals surface area (Å²) >= 11 is 5.14. The molecule has 1 saturated heterocycles. The number of hydrazine groups is 1. The van der Waals surface area contributed by atoms with E-state index < -0.39 is 11.8 Å². The zero-order valence-corrected chi connectivity index (χ0v) is 21.4. The molecule has 9 nitrogen and oxygen atoms in total. The minimum atomic E-state index is -0.517. The van der Waals surface area contributed by atoms with E-state index in [2.05, 4.69) is 16.2 Å². The quantitative estimate of drug-likeness (QED) is 0.221. The molecular weight excluding hydrogens is 504 g/mol. The normalized spacial score (nSPS) is 14.5. The molecule has 3 aromatic carbocycles. The summed E-state index contributed by atoms with van der Waals surface area (Å²) in [6, 6.07) is 25.6. The Morgan fingerprint density at radius 1 is 0.868 bits per heavy atom. The van der Waals surface area contributed by atoms with E-state index in [4.69, 9.17) is 21.7 Å². The Bertz CT molecular complexity index is 1270. The first-order valence-corrected chi connectivity index (χ1v) is 12.5. The predicted molar refractivity (Wildman–Crippen MR) is 145 cm³/mol. The molecule has 0 aromatic heterocycles. The monoisotopic (exact) mass is 532 g/mol. The molecule has 10 heteroatoms. The molecule has 1 unspecified atom stereocenters. The lowest BCUT2D eigenvalue weighted by atomic mass is 10.1. The van der Waals surface area contributed by atoms with Crippen LogP contribution in [0.1, 0.15) is 22.3 Å². The fourth-order valence-corrected chi connectivity index (χ4v) is 4.04. The number of amides is 3. The van der Waals surface area contributed by atoms with Crippen molar-refractivity contribution in [1.29, 1.82) is 0 Å². The molecule has 3 aromatic rings. The summed E-state index contributed by atoms with van der Waals surface area (Å²) in [7, 11) is 0. The van der Waals surface area contributed by atoms with Crippen molar-refractivity contribution in [2.75, 3.05) is 19.8 Å². The smallest absolute Gasteiger partial charge is 0.257 e. The van der Waals surface area contributed by atoms with E-state index in [1.165, 1.54) is 0 Å². The minimum absolute atomic E-state index is 0.0728. The highest BCUT2D eigenvalue weighted by Crippen LogP contribution is 2.20. The van der Waals surface area contributed by atoms with Crippen molar-refractivity contribution in [2.45, 2.75) is 13.0 Å². The first-order chi connectivity index (χ1) is 18.5. The van der Waals surface area contributed by atoms with E-state index in [0.29, 0.717) is 37.6 Å². The maximum atomic E-state index is 12.6. The number of rotatable bonds is 9. The maximum Gasteiger partial charge on any atom is 0.257 e. The molecule has 3 amide bonds. The molecule has 1 fully saturated rings. The molecule has 1 atom stereocenters. The standard InChI is InChI=1S/C28H28N4O5S/c33-25-17-22(19-32(25)18-20-8-3-1-4-9-20)27(35)30-31-28(38)29-26(34)21-10-7-13-24(16-21)37-15-14-36-23-11-5-2-6-12-23/h1-13,16,22H,14-15,17-19H2,(H,30,35)(H2,29,31,34,38). The summed E-state index contributed by atoms with van der Waals surface area (Å²) in [4.78, 5) is 39.1. The van der Waals surface area contributed by atoms with Crippen LogP contribution in [0.15, 0.2) is 84.9 Å². The molecule has 196 valence electrons. The molecule has 0 saturated carbocycles. The van der Waals surface area contributed by atoms with E-state index >= 15 is 0 Å². The van der Waals surface area contributed by atoms with Gasteiger partial charge in [0.2, 0.25) is 11.8 Å². The van der Waals surface area contributed by atoms with Gasteiger partial charge in [-0.05, 0) is 48.1 Å². The van der Waals surface area contributed by atoms with Gasteiger partial charge in [-0.25, -0.2) is 0 Å². The van der Waals surface area contributed by atoms with Crippen LogP contribution < -0.4 is 25.6 Å². The molecule has 4 rings (SSSR count). The average molecular weight is 533 g/mol. The number of para-hydroxylation sites is 1. The molecular formula is C28H28N4O5S. The van der Waals surface area contributed by atoms with Crippen LogP contribution >= 0.6 is 12.2 Å². The highest BCUT2D eigenvalue weighted by molar-refractivity contribution is 7.80. The Balaban J connectivity index is 1.18. The van der Waals surface area contributed by atoms with Gasteiger partial charge < -0.3 is 14.4 Å². The van der Waals surface area contributed by atoms with Gasteiger partial charge in [0.05, 0.1) is 5.92 Å². The maximum absolute atomic E-state index is 12.6. The summed E-state index contributed by atoms with van der Waals surface area (Å²) in [6.45, 7) is 1.42. The first-order valence-electron chi connectivity index (χ1n) is 12.1. The Morgan fingerprint density at radius 3 is 2.26 bits per heavy atom. The van der Waals surface area contributed by atoms with Crippen LogP contribution in [0.5, 0.6) is 11.5 Å². The third-order valence-corrected chi connectivity index (χ3v) is 5.99. The first kappa shape index (κ1) is 26.6. The summed E-state index contributed by atoms with van der Waals surface area (Å²) in [6.07, 6.45) is 0.114. The van der Waals surface area contributed by atoms with Crippen molar-refractivity contribution in [3.63, 3.8) is 0 Å². The number of hydrogen-bond donors (Lipinski definition) is 3. The lowest BCUT2D eigenvalue weighted by molar-refractivity contribution is -0.129. The summed E-state index contributed by atoms with van der Waals surface area (Å²) in [5.41, 5.74) is 6.35. The van der Waals surface area contributed by atoms with Crippen LogP contribution in [-0.2, 0) is 16.1 Å². The second-order valence-corrected chi connectivity index (χ2v) is 9.00. The van der Waals surface area contributed by atoms with Gasteiger partial charge in [-0.15, -0.1) is 0 Å². The van der Waals surface area contributed by atoms with Gasteiger partial charge in [-0.3, -0.25) is 30.6 Å². The lowest BCUT2D eigenvalue weighted by Gasteiger charge is -2.17. The van der Waals surface area contributed by atoms with Crippen molar-refractivity contribution in [3.8, 4) is 11.5 Å². The van der Waals surface area contributed by atoms with Crippen LogP contribution in [0.2, 0.25) is 0 Å². The van der Waals surface area contributed by atoms with E-state index in [1.807, 2.05) is 60.7 Å². The predicted octanol–water partition coefficient (Wildman–Crippen LogP) is 2.83. The number of nitrogens with zero attached hydrogens (tertiary/aromatic N) is 1. The van der Waals surface area contributed by atoms with Crippen LogP contribution in [-0.4, -0.2) is 47.5 Å². The van der Waals surface area contributed by atoms with Gasteiger partial charge in [0.15, 0.2) is 5.11 Å². The number of benzene rings is 3. The van der Waals surface area contributed by atoms with Gasteiger partial charge in [-0.2, -0.15) is 0 Å². The Morgan fingerprint density at radius 2 is 1.53 bits per heavy atom. The third kappa shape index (κ3) is 7.78. The average Bonchev–Trinajstić information content (AvgIpc) is 3.31. The van der Waals surface area contributed by atoms with Crippen molar-refractivity contribution >= 4 is 35.1 Å². The summed E-state index contributed by atoms with van der Waals surface area (Å²) in [5.74, 6) is -0.184. The highest BCUT2D eigenvalue weighted by atomic mass is 32.1. The zero-order chi connectivity index (χ0) is 26.7. The largest absolute Gasteiger partial charge is 0.490 e. The van der Waals surface area contributed by atoms with Crippen molar-refractivity contribution in [2.24, 2.45) is 5.92 Å². The number of ether oxygens (including phenoxy) is 2. The molecule has 1 heterocycles. The number of carbonyl (C=O) groups excluding carboxylic acids is 3. The topological polar surface area (TPSA) is 109 Å². The molecule has 3 N–H and O–H groups in total. The lowest BCUT2D eigenvalue weighted by Crippen LogP contribution is -2.50. The second kappa shape index (κ2) is 13.2. The highest BCUT2D eigenvalue weighted by Gasteiger charge is 2.34. The van der Waals surface area contributed by atoms with E-state index in [-0.39, 0.29) is 23.3 Å². The summed E-state index contributed by atoms with van der Waals surface area (Å²) < 4.78 is 11.3. The Labute approximate surface area is 226 Å². The molecule has 1 aliphatic heterocycles. The van der Waals surface area contributed by atoms with Crippen molar-refractivity contribution in [1.82, 2.24) is 21.1 Å². The minimum Gasteiger partial charge on any atom is -0.490 e. The van der Waals surface area contributed by atoms with Gasteiger partial charge in [0.1, 0.15) is 24.7 Å². The Kier molecular flexibility index (Phi) is 9.25. The number of nitrogens with one attached hydrogen (secondary N) is 3. The second-order valence-electron chi connectivity index (χ2n) is 8.60. The van der Waals surface area contributed by atoms with Crippen LogP contribution in [0.3, 0.4) is 0 Å². The number of hydrogen-bond acceptors (Lipinski definition) is 6. The fraction of sp³-hybridized carbons (Fsp3) is 0.214. The van der Waals surface area contributed by atoms with Gasteiger partial charge in [0, 0.05) is 25.1 Å². The molecule has 38 heavy (non-hydrogen) atoms. The molecule has 0 bridgehead atoms. The molecule has 0 aliphatic carbocycles. The van der Waals surface area contributed by atoms with Crippen LogP contribution in [0.4, 0.5) is 0 Å². The van der Waals surface area contributed by atoms with Crippen molar-refractivity contribution < 1.29 is 23.9 Å². The van der Waals surface area contributed by atoms with Crippen molar-refractivity contribution in [3.05, 3.63) is 96.1 Å². The zero-order valence-electron chi connectivity index (χ0n) is 20.6. The molecule has 1 aliphatic rings. The van der Waals surface area contributed by atoms with E-state index in [1.54, 1.807) is 29.2 Å². The summed E-state index contributed by atoms with van der Waals surface area (Å²) in [5, 5.41) is 2.44. The number of likely N-dealkylation sites (tertiary alicyclic amines) is 1. The number of thiocarbonyl (C=S) groups is 1. The van der Waals surface area contributed by atoms with Gasteiger partial charge >= 0.3 is 0 Å². The van der Waals surface area contributed by atoms with Crippen LogP contribution in [0, 0.1) is 5.92 Å². The van der Waals surface area contributed by atoms with Gasteiger partial charge in [0.25, 0.3) is 5.91 Å². The third-order valence-electron chi connectivity index (χ3n) is 5.79. The Hall–Kier alpha value is -4.44.